The van der Waals surface area contributed by atoms with Crippen molar-refractivity contribution in [3.05, 3.63) is 12.1 Å². The molecule has 166 valence electrons. The van der Waals surface area contributed by atoms with Crippen LogP contribution in [-0.4, -0.2) is 52.4 Å². The Bertz CT molecular complexity index is 564. The summed E-state index contributed by atoms with van der Waals surface area (Å²) in [6, 6.07) is 5.26. The van der Waals surface area contributed by atoms with E-state index < -0.39 is 0 Å². The molecule has 4 nitrogen and oxygen atoms in total. The SMILES string of the molecule is c1c(N2CCCCC2)c(N2CCCCC2)cc(N2CCCCC2)c1N1CCCCC1. The first kappa shape index (κ1) is 20.3. The molecule has 0 atom stereocenters. The maximum absolute atomic E-state index is 2.72. The zero-order valence-electron chi connectivity index (χ0n) is 19.1. The third-order valence-electron chi connectivity index (χ3n) is 7.86. The molecule has 0 amide bonds. The smallest absolute Gasteiger partial charge is 0.0626 e. The first-order valence-corrected chi connectivity index (χ1v) is 13.1. The summed E-state index contributed by atoms with van der Waals surface area (Å²) < 4.78 is 0. The molecule has 0 spiro atoms. The van der Waals surface area contributed by atoms with Crippen LogP contribution in [0.2, 0.25) is 0 Å². The fourth-order valence-corrected chi connectivity index (χ4v) is 6.11. The van der Waals surface area contributed by atoms with Gasteiger partial charge in [0.2, 0.25) is 0 Å². The Morgan fingerprint density at radius 3 is 0.700 bits per heavy atom. The van der Waals surface area contributed by atoms with Crippen molar-refractivity contribution < 1.29 is 0 Å². The molecule has 4 heterocycles. The van der Waals surface area contributed by atoms with E-state index in [0.29, 0.717) is 0 Å². The Morgan fingerprint density at radius 1 is 0.300 bits per heavy atom. The fraction of sp³-hybridized carbons (Fsp3) is 0.769. The van der Waals surface area contributed by atoms with E-state index in [-0.39, 0.29) is 0 Å². The average Bonchev–Trinajstić information content (AvgIpc) is 2.85. The zero-order chi connectivity index (χ0) is 20.2. The van der Waals surface area contributed by atoms with E-state index in [1.807, 2.05) is 0 Å². The van der Waals surface area contributed by atoms with E-state index in [2.05, 4.69) is 31.7 Å². The second-order valence-corrected chi connectivity index (χ2v) is 10.0. The molecular weight excluding hydrogens is 368 g/mol. The molecule has 0 radical (unpaired) electrons. The van der Waals surface area contributed by atoms with Gasteiger partial charge in [-0.3, -0.25) is 0 Å². The van der Waals surface area contributed by atoms with Gasteiger partial charge in [-0.15, -0.1) is 0 Å². The van der Waals surface area contributed by atoms with Crippen molar-refractivity contribution in [1.29, 1.82) is 0 Å². The third kappa shape index (κ3) is 4.38. The van der Waals surface area contributed by atoms with Crippen molar-refractivity contribution in [2.75, 3.05) is 72.0 Å². The summed E-state index contributed by atoms with van der Waals surface area (Å²) in [5.74, 6) is 0. The highest BCUT2D eigenvalue weighted by Gasteiger charge is 2.27. The molecule has 0 saturated carbocycles. The monoisotopic (exact) mass is 410 g/mol. The number of rotatable bonds is 4. The number of benzene rings is 1. The van der Waals surface area contributed by atoms with Crippen LogP contribution in [0, 0.1) is 0 Å². The van der Waals surface area contributed by atoms with Crippen LogP contribution in [0.3, 0.4) is 0 Å². The quantitative estimate of drug-likeness (QED) is 0.636. The maximum Gasteiger partial charge on any atom is 0.0626 e. The van der Waals surface area contributed by atoms with Crippen LogP contribution in [0.5, 0.6) is 0 Å². The van der Waals surface area contributed by atoms with E-state index in [4.69, 9.17) is 0 Å². The predicted molar refractivity (Wildman–Crippen MR) is 131 cm³/mol. The molecule has 0 unspecified atom stereocenters. The minimum Gasteiger partial charge on any atom is -0.370 e. The maximum atomic E-state index is 2.72. The van der Waals surface area contributed by atoms with Crippen molar-refractivity contribution in [1.82, 2.24) is 0 Å². The van der Waals surface area contributed by atoms with Crippen LogP contribution < -0.4 is 19.6 Å². The molecule has 4 aliphatic heterocycles. The number of hydrogen-bond donors (Lipinski definition) is 0. The van der Waals surface area contributed by atoms with Crippen molar-refractivity contribution in [3.63, 3.8) is 0 Å². The lowest BCUT2D eigenvalue weighted by Gasteiger charge is -2.41. The Morgan fingerprint density at radius 2 is 0.500 bits per heavy atom. The highest BCUT2D eigenvalue weighted by molar-refractivity contribution is 5.86. The largest absolute Gasteiger partial charge is 0.370 e. The summed E-state index contributed by atoms with van der Waals surface area (Å²) >= 11 is 0. The minimum absolute atomic E-state index is 1.24. The summed E-state index contributed by atoms with van der Waals surface area (Å²) in [4.78, 5) is 10.9. The molecule has 0 N–H and O–H groups in total. The standard InChI is InChI=1S/C26H42N4/c1-5-13-27(14-6-1)23-21-25(29-17-9-3-10-18-29)26(30-19-11-4-12-20-30)22-24(23)28-15-7-2-8-16-28/h21-22H,1-20H2. The molecule has 0 aliphatic carbocycles. The predicted octanol–water partition coefficient (Wildman–Crippen LogP) is 5.65. The van der Waals surface area contributed by atoms with Crippen molar-refractivity contribution >= 4 is 22.7 Å². The van der Waals surface area contributed by atoms with Gasteiger partial charge >= 0.3 is 0 Å². The van der Waals surface area contributed by atoms with Gasteiger partial charge in [-0.2, -0.15) is 0 Å². The first-order chi connectivity index (χ1) is 14.9. The van der Waals surface area contributed by atoms with E-state index in [1.165, 1.54) is 152 Å². The number of piperidine rings is 4. The molecule has 4 heteroatoms. The molecule has 0 bridgehead atoms. The summed E-state index contributed by atoms with van der Waals surface area (Å²) in [7, 11) is 0. The van der Waals surface area contributed by atoms with Crippen LogP contribution in [-0.2, 0) is 0 Å². The molecule has 1 aromatic rings. The van der Waals surface area contributed by atoms with Crippen LogP contribution in [0.15, 0.2) is 12.1 Å². The lowest BCUT2D eigenvalue weighted by atomic mass is 10.0. The van der Waals surface area contributed by atoms with Gasteiger partial charge in [0.25, 0.3) is 0 Å². The van der Waals surface area contributed by atoms with Gasteiger partial charge in [0, 0.05) is 52.4 Å². The number of nitrogens with zero attached hydrogens (tertiary/aromatic N) is 4. The molecule has 4 fully saturated rings. The average molecular weight is 411 g/mol. The molecule has 30 heavy (non-hydrogen) atoms. The Hall–Kier alpha value is -1.58. The molecular formula is C26H42N4. The highest BCUT2D eigenvalue weighted by atomic mass is 15.2. The van der Waals surface area contributed by atoms with Gasteiger partial charge in [0.05, 0.1) is 22.7 Å². The van der Waals surface area contributed by atoms with E-state index in [1.54, 1.807) is 0 Å². The van der Waals surface area contributed by atoms with Gasteiger partial charge in [-0.1, -0.05) is 0 Å². The number of hydrogen-bond acceptors (Lipinski definition) is 4. The third-order valence-corrected chi connectivity index (χ3v) is 7.86. The lowest BCUT2D eigenvalue weighted by molar-refractivity contribution is 0.559. The number of anilines is 4. The summed E-state index contributed by atoms with van der Waals surface area (Å²) in [5, 5.41) is 0. The van der Waals surface area contributed by atoms with Gasteiger partial charge in [0.15, 0.2) is 0 Å². The summed E-state index contributed by atoms with van der Waals surface area (Å²) in [6.45, 7) is 9.92. The molecule has 0 aromatic heterocycles. The molecule has 4 saturated heterocycles. The zero-order valence-corrected chi connectivity index (χ0v) is 19.1. The first-order valence-electron chi connectivity index (χ1n) is 13.1. The normalized spacial score (nSPS) is 23.7. The van der Waals surface area contributed by atoms with Gasteiger partial charge in [-0.25, -0.2) is 0 Å². The van der Waals surface area contributed by atoms with E-state index in [9.17, 15) is 0 Å². The molecule has 1 aromatic carbocycles. The molecule has 4 aliphatic rings. The van der Waals surface area contributed by atoms with E-state index in [0.717, 1.165) is 0 Å². The summed E-state index contributed by atoms with van der Waals surface area (Å²) in [5.41, 5.74) is 6.16. The van der Waals surface area contributed by atoms with Crippen LogP contribution in [0.25, 0.3) is 0 Å². The van der Waals surface area contributed by atoms with Gasteiger partial charge < -0.3 is 19.6 Å². The lowest BCUT2D eigenvalue weighted by Crippen LogP contribution is -2.37. The fourth-order valence-electron chi connectivity index (χ4n) is 6.11. The second-order valence-electron chi connectivity index (χ2n) is 10.0. The summed E-state index contributed by atoms with van der Waals surface area (Å²) in [6.07, 6.45) is 16.4. The van der Waals surface area contributed by atoms with Gasteiger partial charge in [-0.05, 0) is 89.2 Å². The second kappa shape index (κ2) is 9.70. The van der Waals surface area contributed by atoms with Crippen LogP contribution >= 0.6 is 0 Å². The van der Waals surface area contributed by atoms with Crippen molar-refractivity contribution in [3.8, 4) is 0 Å². The Balaban J connectivity index is 1.57. The molecule has 5 rings (SSSR count). The van der Waals surface area contributed by atoms with Gasteiger partial charge in [0.1, 0.15) is 0 Å². The highest BCUT2D eigenvalue weighted by Crippen LogP contribution is 2.44. The van der Waals surface area contributed by atoms with Crippen LogP contribution in [0.4, 0.5) is 22.7 Å². The van der Waals surface area contributed by atoms with Crippen molar-refractivity contribution in [2.24, 2.45) is 0 Å². The van der Waals surface area contributed by atoms with E-state index >= 15 is 0 Å². The minimum atomic E-state index is 1.24. The van der Waals surface area contributed by atoms with Crippen LogP contribution in [0.1, 0.15) is 77.0 Å². The van der Waals surface area contributed by atoms with Crippen molar-refractivity contribution in [2.45, 2.75) is 77.0 Å². The Labute approximate surface area is 184 Å². The topological polar surface area (TPSA) is 13.0 Å². The Kier molecular flexibility index (Phi) is 6.57.